The Morgan fingerprint density at radius 2 is 1.76 bits per heavy atom. The van der Waals surface area contributed by atoms with Crippen LogP contribution in [0.5, 0.6) is 0 Å². The van der Waals surface area contributed by atoms with Gasteiger partial charge in [-0.3, -0.25) is 0 Å². The molecule has 3 nitrogen and oxygen atoms in total. The Hall–Kier alpha value is -1.12. The van der Waals surface area contributed by atoms with Crippen molar-refractivity contribution in [2.45, 2.75) is 58.7 Å². The summed E-state index contributed by atoms with van der Waals surface area (Å²) in [6, 6.07) is 11.4. The summed E-state index contributed by atoms with van der Waals surface area (Å²) in [4.78, 5) is 0. The molecule has 0 aliphatic carbocycles. The van der Waals surface area contributed by atoms with E-state index < -0.39 is 8.07 Å². The summed E-state index contributed by atoms with van der Waals surface area (Å²) in [6.45, 7) is 13.4. The third kappa shape index (κ3) is 11.2. The second kappa shape index (κ2) is 12.3. The number of benzene rings is 1. The summed E-state index contributed by atoms with van der Waals surface area (Å²) < 4.78 is 17.4. The van der Waals surface area contributed by atoms with Crippen molar-refractivity contribution < 1.29 is 14.2 Å². The molecule has 2 unspecified atom stereocenters. The third-order valence-electron chi connectivity index (χ3n) is 3.95. The minimum absolute atomic E-state index is 0.0371. The Labute approximate surface area is 155 Å². The molecule has 2 atom stereocenters. The van der Waals surface area contributed by atoms with E-state index in [2.05, 4.69) is 50.5 Å². The minimum atomic E-state index is -1.05. The maximum absolute atomic E-state index is 5.93. The predicted molar refractivity (Wildman–Crippen MR) is 107 cm³/mol. The lowest BCUT2D eigenvalue weighted by atomic mass is 10.0. The first-order chi connectivity index (χ1) is 11.9. The number of hydrogen-bond acceptors (Lipinski definition) is 3. The van der Waals surface area contributed by atoms with Gasteiger partial charge in [0.15, 0.2) is 0 Å². The van der Waals surface area contributed by atoms with Gasteiger partial charge >= 0.3 is 0 Å². The summed E-state index contributed by atoms with van der Waals surface area (Å²) >= 11 is 0. The highest BCUT2D eigenvalue weighted by Gasteiger charge is 2.17. The fourth-order valence-corrected chi connectivity index (χ4v) is 3.09. The molecule has 0 aliphatic rings. The molecule has 4 heteroatoms. The van der Waals surface area contributed by atoms with Crippen molar-refractivity contribution in [1.29, 1.82) is 0 Å². The van der Waals surface area contributed by atoms with Gasteiger partial charge in [0.2, 0.25) is 0 Å². The van der Waals surface area contributed by atoms with Crippen molar-refractivity contribution in [1.82, 2.24) is 0 Å². The van der Waals surface area contributed by atoms with E-state index in [1.54, 1.807) is 0 Å². The molecule has 0 saturated carbocycles. The van der Waals surface area contributed by atoms with Crippen LogP contribution in [0, 0.1) is 17.8 Å². The zero-order valence-electron chi connectivity index (χ0n) is 16.5. The average Bonchev–Trinajstić information content (AvgIpc) is 2.56. The fraction of sp³-hybridized carbons (Fsp3) is 0.619. The molecule has 1 aromatic carbocycles. The first-order valence-electron chi connectivity index (χ1n) is 9.15. The van der Waals surface area contributed by atoms with Crippen LogP contribution in [0.4, 0.5) is 0 Å². The number of rotatable bonds is 12. The van der Waals surface area contributed by atoms with Gasteiger partial charge in [-0.25, -0.2) is 0 Å². The smallest absolute Gasteiger partial charge is 0.147 e. The van der Waals surface area contributed by atoms with Gasteiger partial charge in [-0.2, -0.15) is 0 Å². The molecule has 0 spiro atoms. The fourth-order valence-electron chi connectivity index (χ4n) is 2.33. The predicted octanol–water partition coefficient (Wildman–Crippen LogP) is 4.95. The van der Waals surface area contributed by atoms with Crippen LogP contribution in [0.15, 0.2) is 30.3 Å². The lowest BCUT2D eigenvalue weighted by Gasteiger charge is -2.22. The van der Waals surface area contributed by atoms with Crippen LogP contribution >= 0.6 is 0 Å². The third-order valence-corrected chi connectivity index (χ3v) is 5.65. The van der Waals surface area contributed by atoms with Crippen molar-refractivity contribution in [3.63, 3.8) is 0 Å². The van der Waals surface area contributed by atoms with Crippen molar-refractivity contribution >= 4 is 8.07 Å². The molecule has 1 rings (SSSR count). The summed E-state index contributed by atoms with van der Waals surface area (Å²) in [7, 11) is -1.05. The van der Waals surface area contributed by atoms with E-state index in [1.165, 1.54) is 5.56 Å². The molecule has 0 radical (unpaired) electrons. The number of hydrogen-bond donors (Lipinski definition) is 0. The molecule has 0 amide bonds. The van der Waals surface area contributed by atoms with E-state index in [4.69, 9.17) is 14.2 Å². The topological polar surface area (TPSA) is 27.7 Å². The maximum atomic E-state index is 5.93. The van der Waals surface area contributed by atoms with Crippen LogP contribution in [0.1, 0.15) is 25.8 Å². The van der Waals surface area contributed by atoms with Crippen LogP contribution in [0.25, 0.3) is 0 Å². The highest BCUT2D eigenvalue weighted by atomic mass is 28.3. The van der Waals surface area contributed by atoms with Crippen molar-refractivity contribution in [3.8, 4) is 11.8 Å². The minimum Gasteiger partial charge on any atom is -0.377 e. The molecule has 0 bridgehead atoms. The van der Waals surface area contributed by atoms with Crippen LogP contribution < -0.4 is 0 Å². The van der Waals surface area contributed by atoms with Crippen LogP contribution in [0.3, 0.4) is 0 Å². The maximum Gasteiger partial charge on any atom is 0.147 e. The second-order valence-electron chi connectivity index (χ2n) is 7.55. The van der Waals surface area contributed by atoms with Gasteiger partial charge in [-0.1, -0.05) is 55.9 Å². The van der Waals surface area contributed by atoms with Gasteiger partial charge in [0, 0.05) is 27.2 Å². The number of ether oxygens (including phenoxy) is 3. The Bertz CT molecular complexity index is 513. The molecule has 0 aliphatic heterocycles. The van der Waals surface area contributed by atoms with E-state index in [0.29, 0.717) is 20.0 Å². The highest BCUT2D eigenvalue weighted by Crippen LogP contribution is 2.13. The average molecular weight is 363 g/mol. The zero-order chi connectivity index (χ0) is 18.5. The largest absolute Gasteiger partial charge is 0.377 e. The van der Waals surface area contributed by atoms with Crippen molar-refractivity contribution in [3.05, 3.63) is 35.9 Å². The summed E-state index contributed by atoms with van der Waals surface area (Å²) in [5.74, 6) is 6.34. The molecule has 0 aromatic heterocycles. The van der Waals surface area contributed by atoms with Crippen molar-refractivity contribution in [2.24, 2.45) is 5.92 Å². The van der Waals surface area contributed by atoms with Gasteiger partial charge in [0.1, 0.15) is 6.79 Å². The molecule has 0 saturated heterocycles. The molecule has 0 heterocycles. The lowest BCUT2D eigenvalue weighted by molar-refractivity contribution is -0.103. The van der Waals surface area contributed by atoms with E-state index in [9.17, 15) is 0 Å². The summed E-state index contributed by atoms with van der Waals surface area (Å²) in [5.41, 5.74) is 1.19. The zero-order valence-corrected chi connectivity index (χ0v) is 17.5. The van der Waals surface area contributed by atoms with E-state index >= 15 is 0 Å². The quantitative estimate of drug-likeness (QED) is 0.228. The van der Waals surface area contributed by atoms with Gasteiger partial charge in [-0.15, -0.1) is 5.92 Å². The standard InChI is InChI=1S/C21H34O3Si/c1-6-10-19(2)21(24-18-23-15-16-25(3,4)5)13-14-22-17-20-11-8-7-9-12-20/h7-9,11-12,19,21H,13-18H2,1-5H3. The van der Waals surface area contributed by atoms with Gasteiger partial charge in [0.25, 0.3) is 0 Å². The molecule has 0 N–H and O–H groups in total. The first kappa shape index (κ1) is 21.9. The van der Waals surface area contributed by atoms with Gasteiger partial charge in [0.05, 0.1) is 12.7 Å². The van der Waals surface area contributed by atoms with Crippen molar-refractivity contribution in [2.75, 3.05) is 20.0 Å². The van der Waals surface area contributed by atoms with E-state index in [-0.39, 0.29) is 12.0 Å². The normalized spacial score (nSPS) is 13.8. The lowest BCUT2D eigenvalue weighted by Crippen LogP contribution is -2.26. The Morgan fingerprint density at radius 1 is 1.04 bits per heavy atom. The Kier molecular flexibility index (Phi) is 10.8. The molecule has 0 fully saturated rings. The molecule has 1 aromatic rings. The molecular formula is C21H34O3Si. The van der Waals surface area contributed by atoms with Gasteiger partial charge < -0.3 is 14.2 Å². The summed E-state index contributed by atoms with van der Waals surface area (Å²) in [6.07, 6.45) is 0.857. The molecule has 140 valence electrons. The van der Waals surface area contributed by atoms with Crippen LogP contribution in [0.2, 0.25) is 25.7 Å². The molecule has 25 heavy (non-hydrogen) atoms. The monoisotopic (exact) mass is 362 g/mol. The van der Waals surface area contributed by atoms with E-state index in [0.717, 1.165) is 19.1 Å². The SMILES string of the molecule is CC#CC(C)C(CCOCc1ccccc1)OCOCC[Si](C)(C)C. The Balaban J connectivity index is 2.30. The van der Waals surface area contributed by atoms with Crippen LogP contribution in [-0.4, -0.2) is 34.2 Å². The Morgan fingerprint density at radius 3 is 2.40 bits per heavy atom. The second-order valence-corrected chi connectivity index (χ2v) is 13.2. The molecular weight excluding hydrogens is 328 g/mol. The van der Waals surface area contributed by atoms with E-state index in [1.807, 2.05) is 25.1 Å². The van der Waals surface area contributed by atoms with Crippen LogP contribution in [-0.2, 0) is 20.8 Å². The highest BCUT2D eigenvalue weighted by molar-refractivity contribution is 6.76. The van der Waals surface area contributed by atoms with Gasteiger partial charge in [-0.05, 0) is 31.9 Å². The summed E-state index contributed by atoms with van der Waals surface area (Å²) in [5, 5.41) is 0. The first-order valence-corrected chi connectivity index (χ1v) is 12.9.